The quantitative estimate of drug-likeness (QED) is 0.611. The average Bonchev–Trinajstić information content (AvgIpc) is 2.70. The molecule has 1 aliphatic rings. The van der Waals surface area contributed by atoms with Gasteiger partial charge < -0.3 is 10.6 Å². The monoisotopic (exact) mass is 362 g/mol. The molecule has 2 rings (SSSR count). The van der Waals surface area contributed by atoms with Crippen molar-refractivity contribution >= 4 is 43.6 Å². The van der Waals surface area contributed by atoms with Crippen molar-refractivity contribution in [2.45, 2.75) is 11.7 Å². The number of nitrogens with two attached hydrogens (primary N) is 1. The number of rotatable bonds is 2. The van der Waals surface area contributed by atoms with Crippen LogP contribution in [0.25, 0.3) is 0 Å². The minimum atomic E-state index is -4.82. The van der Waals surface area contributed by atoms with Gasteiger partial charge in [0.2, 0.25) is 5.91 Å². The fourth-order valence-electron chi connectivity index (χ4n) is 1.93. The third kappa shape index (κ3) is 2.59. The number of pyridine rings is 1. The van der Waals surface area contributed by atoms with Crippen molar-refractivity contribution in [3.05, 3.63) is 16.2 Å². The highest BCUT2D eigenvalue weighted by molar-refractivity contribution is 9.10. The molecule has 1 unspecified atom stereocenters. The van der Waals surface area contributed by atoms with Crippen LogP contribution >= 0.6 is 15.9 Å². The molecule has 1 aliphatic heterocycles. The van der Waals surface area contributed by atoms with E-state index in [0.717, 1.165) is 4.90 Å². The highest BCUT2D eigenvalue weighted by Crippen LogP contribution is 2.32. The van der Waals surface area contributed by atoms with Gasteiger partial charge in [0.1, 0.15) is 27.3 Å². The lowest BCUT2D eigenvalue weighted by Gasteiger charge is -2.18. The highest BCUT2D eigenvalue weighted by Gasteiger charge is 2.40. The molecule has 20 heavy (non-hydrogen) atoms. The molecule has 106 valence electrons. The third-order valence-electron chi connectivity index (χ3n) is 2.86. The van der Waals surface area contributed by atoms with Gasteiger partial charge in [0, 0.05) is 19.0 Å². The number of nitrogen functional groups attached to an aromatic ring is 1. The van der Waals surface area contributed by atoms with E-state index in [4.69, 9.17) is 11.0 Å². The molecule has 0 spiro atoms. The molecule has 2 heterocycles. The molecule has 1 aromatic heterocycles. The number of nitriles is 1. The summed E-state index contributed by atoms with van der Waals surface area (Å²) in [6.07, 6.45) is -0.469. The average molecular weight is 363 g/mol. The second-order valence-electron chi connectivity index (χ2n) is 4.15. The molecule has 0 radical (unpaired) electrons. The van der Waals surface area contributed by atoms with Gasteiger partial charge in [0.25, 0.3) is 0 Å². The Hall–Kier alpha value is -1.73. The van der Waals surface area contributed by atoms with Gasteiger partial charge in [-0.3, -0.25) is 4.79 Å². The smallest absolute Gasteiger partial charge is 0.307 e. The van der Waals surface area contributed by atoms with E-state index in [-0.39, 0.29) is 28.2 Å². The van der Waals surface area contributed by atoms with Gasteiger partial charge in [0.05, 0.1) is 5.69 Å². The summed E-state index contributed by atoms with van der Waals surface area (Å²) in [6.45, 7) is -0.359. The molecule has 7 nitrogen and oxygen atoms in total. The van der Waals surface area contributed by atoms with Gasteiger partial charge in [0.15, 0.2) is 0 Å². The Morgan fingerprint density at radius 1 is 1.60 bits per heavy atom. The molecule has 1 fully saturated rings. The van der Waals surface area contributed by atoms with E-state index < -0.39 is 27.8 Å². The van der Waals surface area contributed by atoms with Crippen molar-refractivity contribution in [3.63, 3.8) is 0 Å². The summed E-state index contributed by atoms with van der Waals surface area (Å²) >= 11 is 3.04. The molecular weight excluding hydrogens is 355 g/mol. The van der Waals surface area contributed by atoms with Crippen LogP contribution < -0.4 is 10.6 Å². The van der Waals surface area contributed by atoms with Crippen molar-refractivity contribution in [3.8, 4) is 6.07 Å². The van der Waals surface area contributed by atoms with Gasteiger partial charge in [-0.1, -0.05) is 0 Å². The number of hydrogen-bond donors (Lipinski definition) is 1. The molecule has 1 amide bonds. The van der Waals surface area contributed by atoms with Crippen LogP contribution in [0.1, 0.15) is 12.0 Å². The van der Waals surface area contributed by atoms with E-state index in [2.05, 4.69) is 20.9 Å². The molecule has 0 aromatic carbocycles. The number of aromatic nitrogens is 1. The van der Waals surface area contributed by atoms with Crippen LogP contribution in [-0.4, -0.2) is 31.1 Å². The van der Waals surface area contributed by atoms with E-state index in [1.807, 2.05) is 6.07 Å². The first-order chi connectivity index (χ1) is 9.24. The molecule has 10 heteroatoms. The van der Waals surface area contributed by atoms with Crippen LogP contribution in [0.5, 0.6) is 0 Å². The molecule has 2 N–H and O–H groups in total. The van der Waals surface area contributed by atoms with Crippen LogP contribution in [0.3, 0.4) is 0 Å². The fourth-order valence-corrected chi connectivity index (χ4v) is 3.10. The predicted octanol–water partition coefficient (Wildman–Crippen LogP) is 0.703. The molecule has 1 atom stereocenters. The lowest BCUT2D eigenvalue weighted by molar-refractivity contribution is -0.117. The molecule has 0 aliphatic carbocycles. The summed E-state index contributed by atoms with van der Waals surface area (Å²) in [7, 11) is -4.82. The fraction of sp³-hybridized carbons (Fsp3) is 0.300. The Morgan fingerprint density at radius 3 is 2.75 bits per heavy atom. The number of hydrogen-bond acceptors (Lipinski definition) is 6. The van der Waals surface area contributed by atoms with E-state index in [1.54, 1.807) is 0 Å². The number of amides is 1. The summed E-state index contributed by atoms with van der Waals surface area (Å²) in [5.74, 6) is -0.546. The van der Waals surface area contributed by atoms with Crippen molar-refractivity contribution in [2.24, 2.45) is 0 Å². The number of halogens is 2. The zero-order chi connectivity index (χ0) is 15.1. The van der Waals surface area contributed by atoms with Crippen molar-refractivity contribution in [2.75, 3.05) is 17.2 Å². The van der Waals surface area contributed by atoms with Crippen LogP contribution in [0.15, 0.2) is 10.7 Å². The summed E-state index contributed by atoms with van der Waals surface area (Å²) < 4.78 is 34.9. The van der Waals surface area contributed by atoms with Gasteiger partial charge in [-0.15, -0.1) is 3.89 Å². The predicted molar refractivity (Wildman–Crippen MR) is 71.9 cm³/mol. The lowest BCUT2D eigenvalue weighted by atomic mass is 10.2. The Labute approximate surface area is 122 Å². The minimum Gasteiger partial charge on any atom is -0.384 e. The number of nitrogens with zero attached hydrogens (tertiary/aromatic N) is 3. The standard InChI is InChI=1S/C10H8BrFN4O3S/c11-10-6(3-13)7(2-8(14)15-10)16-4-5(1-9(16)17)20(12,18)19/h2,5H,1,4H2,(H2,14,15). The zero-order valence-electron chi connectivity index (χ0n) is 9.88. The Balaban J connectivity index is 2.49. The summed E-state index contributed by atoms with van der Waals surface area (Å²) in [5, 5.41) is 7.64. The third-order valence-corrected chi connectivity index (χ3v) is 4.55. The van der Waals surface area contributed by atoms with Crippen LogP contribution in [-0.2, 0) is 15.0 Å². The normalized spacial score (nSPS) is 19.1. The highest BCUT2D eigenvalue weighted by atomic mass is 79.9. The molecule has 1 aromatic rings. The van der Waals surface area contributed by atoms with Crippen molar-refractivity contribution < 1.29 is 17.1 Å². The molecular formula is C10H8BrFN4O3S. The first-order valence-electron chi connectivity index (χ1n) is 5.34. The largest absolute Gasteiger partial charge is 0.384 e. The van der Waals surface area contributed by atoms with Gasteiger partial charge in [-0.25, -0.2) is 4.98 Å². The van der Waals surface area contributed by atoms with Crippen molar-refractivity contribution in [1.29, 1.82) is 5.26 Å². The second-order valence-corrected chi connectivity index (χ2v) is 6.52. The number of anilines is 2. The zero-order valence-corrected chi connectivity index (χ0v) is 12.3. The molecule has 0 saturated carbocycles. The van der Waals surface area contributed by atoms with E-state index in [9.17, 15) is 17.1 Å². The minimum absolute atomic E-state index is 0.0319. The SMILES string of the molecule is N#Cc1c(N2CC(S(=O)(=O)F)CC2=O)cc(N)nc1Br. The topological polar surface area (TPSA) is 117 Å². The number of carbonyl (C=O) groups excluding carboxylic acids is 1. The van der Waals surface area contributed by atoms with E-state index >= 15 is 0 Å². The first kappa shape index (κ1) is 14.7. The summed E-state index contributed by atoms with van der Waals surface area (Å²) in [6, 6.07) is 3.11. The van der Waals surface area contributed by atoms with E-state index in [0.29, 0.717) is 0 Å². The second kappa shape index (κ2) is 4.99. The van der Waals surface area contributed by atoms with Gasteiger partial charge >= 0.3 is 10.2 Å². The lowest BCUT2D eigenvalue weighted by Crippen LogP contribution is -2.28. The maximum absolute atomic E-state index is 13.0. The first-order valence-corrected chi connectivity index (χ1v) is 7.58. The maximum Gasteiger partial charge on any atom is 0.307 e. The summed E-state index contributed by atoms with van der Waals surface area (Å²) in [4.78, 5) is 16.7. The van der Waals surface area contributed by atoms with Crippen LogP contribution in [0.4, 0.5) is 15.4 Å². The van der Waals surface area contributed by atoms with Gasteiger partial charge in [-0.2, -0.15) is 13.7 Å². The Morgan fingerprint density at radius 2 is 2.25 bits per heavy atom. The Kier molecular flexibility index (Phi) is 3.66. The van der Waals surface area contributed by atoms with Crippen molar-refractivity contribution in [1.82, 2.24) is 4.98 Å². The summed E-state index contributed by atoms with van der Waals surface area (Å²) in [5.41, 5.74) is 5.68. The maximum atomic E-state index is 13.0. The van der Waals surface area contributed by atoms with Gasteiger partial charge in [-0.05, 0) is 15.9 Å². The van der Waals surface area contributed by atoms with E-state index in [1.165, 1.54) is 6.07 Å². The van der Waals surface area contributed by atoms with Crippen LogP contribution in [0.2, 0.25) is 0 Å². The molecule has 1 saturated heterocycles. The van der Waals surface area contributed by atoms with Crippen LogP contribution in [0, 0.1) is 11.3 Å². The molecule has 0 bridgehead atoms. The number of carbonyl (C=O) groups is 1. The Bertz CT molecular complexity index is 731.